The number of aliphatic carboxylic acids is 1. The molecule has 0 spiro atoms. The quantitative estimate of drug-likeness (QED) is 0.430. The Morgan fingerprint density at radius 2 is 1.80 bits per heavy atom. The van der Waals surface area contributed by atoms with Gasteiger partial charge in [-0.3, -0.25) is 14.6 Å². The summed E-state index contributed by atoms with van der Waals surface area (Å²) in [6.07, 6.45) is 0.801. The van der Waals surface area contributed by atoms with Gasteiger partial charge in [-0.25, -0.2) is 0 Å². The van der Waals surface area contributed by atoms with Crippen molar-refractivity contribution in [2.24, 2.45) is 5.41 Å². The van der Waals surface area contributed by atoms with E-state index in [1.54, 1.807) is 11.8 Å². The van der Waals surface area contributed by atoms with E-state index in [1.807, 2.05) is 68.4 Å². The monoisotopic (exact) mass is 422 g/mol. The van der Waals surface area contributed by atoms with Crippen molar-refractivity contribution in [1.29, 1.82) is 0 Å². The van der Waals surface area contributed by atoms with Crippen LogP contribution in [0, 0.1) is 5.41 Å². The molecular formula is C24H26N2O3S. The molecule has 1 aromatic heterocycles. The van der Waals surface area contributed by atoms with Crippen LogP contribution in [0.1, 0.15) is 38.8 Å². The molecule has 1 amide bonds. The summed E-state index contributed by atoms with van der Waals surface area (Å²) in [4.78, 5) is 29.8. The van der Waals surface area contributed by atoms with Gasteiger partial charge in [0.2, 0.25) is 5.91 Å². The summed E-state index contributed by atoms with van der Waals surface area (Å²) < 4.78 is 0. The molecule has 0 fully saturated rings. The van der Waals surface area contributed by atoms with E-state index in [9.17, 15) is 14.7 Å². The second-order valence-electron chi connectivity index (χ2n) is 7.33. The van der Waals surface area contributed by atoms with Crippen molar-refractivity contribution in [3.05, 3.63) is 66.4 Å². The van der Waals surface area contributed by atoms with Gasteiger partial charge in [-0.15, -0.1) is 11.8 Å². The first kappa shape index (κ1) is 21.8. The molecule has 2 aromatic carbocycles. The lowest BCUT2D eigenvalue weighted by Crippen LogP contribution is -2.34. The van der Waals surface area contributed by atoms with E-state index in [-0.39, 0.29) is 12.3 Å². The summed E-state index contributed by atoms with van der Waals surface area (Å²) in [5.74, 6) is -0.481. The number of anilines is 1. The van der Waals surface area contributed by atoms with Crippen molar-refractivity contribution < 1.29 is 14.7 Å². The maximum absolute atomic E-state index is 12.5. The number of amides is 1. The summed E-state index contributed by atoms with van der Waals surface area (Å²) in [5, 5.41) is 13.5. The molecule has 3 aromatic rings. The lowest BCUT2D eigenvalue weighted by Gasteiger charge is -2.25. The predicted octanol–water partition coefficient (Wildman–Crippen LogP) is 5.75. The minimum absolute atomic E-state index is 0.0340. The summed E-state index contributed by atoms with van der Waals surface area (Å²) >= 11 is 1.64. The number of hydrogen-bond acceptors (Lipinski definition) is 4. The van der Waals surface area contributed by atoms with Gasteiger partial charge in [0.1, 0.15) is 0 Å². The number of hydrogen-bond donors (Lipinski definition) is 2. The van der Waals surface area contributed by atoms with Crippen molar-refractivity contribution in [2.75, 3.05) is 5.32 Å². The van der Waals surface area contributed by atoms with Crippen LogP contribution in [-0.2, 0) is 15.3 Å². The largest absolute Gasteiger partial charge is 0.481 e. The molecular weight excluding hydrogens is 396 g/mol. The van der Waals surface area contributed by atoms with E-state index in [0.29, 0.717) is 18.5 Å². The SMILES string of the molecule is CCC(CC)(CC(=O)Nc1cccc(SCc2ccc3ccccc3n2)c1)C(=O)O. The molecule has 0 aliphatic carbocycles. The highest BCUT2D eigenvalue weighted by Crippen LogP contribution is 2.32. The second kappa shape index (κ2) is 9.76. The van der Waals surface area contributed by atoms with Crippen molar-refractivity contribution >= 4 is 40.2 Å². The smallest absolute Gasteiger partial charge is 0.310 e. The Kier molecular flexibility index (Phi) is 7.11. The summed E-state index contributed by atoms with van der Waals surface area (Å²) in [5.41, 5.74) is 1.62. The van der Waals surface area contributed by atoms with Crippen molar-refractivity contribution in [1.82, 2.24) is 4.98 Å². The summed E-state index contributed by atoms with van der Waals surface area (Å²) in [6, 6.07) is 19.7. The number of rotatable bonds is 9. The normalized spacial score (nSPS) is 11.4. The molecule has 0 bridgehead atoms. The van der Waals surface area contributed by atoms with E-state index in [0.717, 1.165) is 27.2 Å². The molecule has 0 unspecified atom stereocenters. The van der Waals surface area contributed by atoms with Gasteiger partial charge in [-0.05, 0) is 43.2 Å². The number of carboxylic acids is 1. The third-order valence-corrected chi connectivity index (χ3v) is 6.49. The summed E-state index contributed by atoms with van der Waals surface area (Å²) in [7, 11) is 0. The van der Waals surface area contributed by atoms with Gasteiger partial charge >= 0.3 is 5.97 Å². The number of carboxylic acid groups (broad SMARTS) is 1. The molecule has 0 atom stereocenters. The first-order valence-corrected chi connectivity index (χ1v) is 11.0. The number of aromatic nitrogens is 1. The molecule has 0 saturated heterocycles. The van der Waals surface area contributed by atoms with E-state index < -0.39 is 11.4 Å². The Morgan fingerprint density at radius 1 is 1.03 bits per heavy atom. The van der Waals surface area contributed by atoms with E-state index >= 15 is 0 Å². The zero-order valence-corrected chi connectivity index (χ0v) is 18.0. The number of nitrogens with zero attached hydrogens (tertiary/aromatic N) is 1. The zero-order valence-electron chi connectivity index (χ0n) is 17.2. The van der Waals surface area contributed by atoms with Crippen LogP contribution in [0.15, 0.2) is 65.6 Å². The first-order valence-electron chi connectivity index (χ1n) is 10.1. The number of carbonyl (C=O) groups excluding carboxylic acids is 1. The van der Waals surface area contributed by atoms with Gasteiger partial charge in [0.25, 0.3) is 0 Å². The fourth-order valence-electron chi connectivity index (χ4n) is 3.40. The molecule has 3 rings (SSSR count). The Morgan fingerprint density at radius 3 is 2.53 bits per heavy atom. The Balaban J connectivity index is 1.64. The number of fused-ring (bicyclic) bond motifs is 1. The van der Waals surface area contributed by atoms with Crippen LogP contribution in [0.4, 0.5) is 5.69 Å². The van der Waals surface area contributed by atoms with Gasteiger partial charge in [-0.2, -0.15) is 0 Å². The molecule has 0 aliphatic rings. The van der Waals surface area contributed by atoms with E-state index in [2.05, 4.69) is 11.4 Å². The average molecular weight is 423 g/mol. The molecule has 1 heterocycles. The lowest BCUT2D eigenvalue weighted by molar-refractivity contribution is -0.151. The van der Waals surface area contributed by atoms with Gasteiger partial charge in [0.15, 0.2) is 0 Å². The number of benzene rings is 2. The van der Waals surface area contributed by atoms with Crippen molar-refractivity contribution in [3.63, 3.8) is 0 Å². The van der Waals surface area contributed by atoms with Crippen LogP contribution in [0.25, 0.3) is 10.9 Å². The lowest BCUT2D eigenvalue weighted by atomic mass is 9.79. The highest BCUT2D eigenvalue weighted by atomic mass is 32.2. The topological polar surface area (TPSA) is 79.3 Å². The fraction of sp³-hybridized carbons (Fsp3) is 0.292. The molecule has 0 saturated carbocycles. The van der Waals surface area contributed by atoms with Crippen LogP contribution in [0.5, 0.6) is 0 Å². The molecule has 30 heavy (non-hydrogen) atoms. The van der Waals surface area contributed by atoms with Gasteiger partial charge in [0, 0.05) is 28.1 Å². The minimum atomic E-state index is -1.02. The number of pyridine rings is 1. The van der Waals surface area contributed by atoms with Gasteiger partial charge < -0.3 is 10.4 Å². The predicted molar refractivity (Wildman–Crippen MR) is 122 cm³/mol. The number of para-hydroxylation sites is 1. The molecule has 2 N–H and O–H groups in total. The average Bonchev–Trinajstić information content (AvgIpc) is 2.76. The van der Waals surface area contributed by atoms with Crippen LogP contribution in [0.3, 0.4) is 0 Å². The third-order valence-electron chi connectivity index (χ3n) is 5.47. The number of thioether (sulfide) groups is 1. The maximum atomic E-state index is 12.5. The molecule has 0 aliphatic heterocycles. The minimum Gasteiger partial charge on any atom is -0.481 e. The Hall–Kier alpha value is -2.86. The standard InChI is InChI=1S/C24H26N2O3S/c1-3-24(4-2,23(28)29)15-22(27)26-18-9-7-10-20(14-18)30-16-19-13-12-17-8-5-6-11-21(17)25-19/h5-14H,3-4,15-16H2,1-2H3,(H,26,27)(H,28,29). The third kappa shape index (κ3) is 5.19. The first-order chi connectivity index (χ1) is 14.5. The highest BCUT2D eigenvalue weighted by Gasteiger charge is 2.37. The molecule has 156 valence electrons. The molecule has 0 radical (unpaired) electrons. The van der Waals surface area contributed by atoms with E-state index in [4.69, 9.17) is 4.98 Å². The maximum Gasteiger partial charge on any atom is 0.310 e. The van der Waals surface area contributed by atoms with Crippen molar-refractivity contribution in [3.8, 4) is 0 Å². The van der Waals surface area contributed by atoms with Crippen LogP contribution in [0.2, 0.25) is 0 Å². The molecule has 6 heteroatoms. The van der Waals surface area contributed by atoms with Crippen LogP contribution >= 0.6 is 11.8 Å². The van der Waals surface area contributed by atoms with Crippen molar-refractivity contribution in [2.45, 2.75) is 43.8 Å². The van der Waals surface area contributed by atoms with E-state index in [1.165, 1.54) is 0 Å². The Bertz CT molecular complexity index is 1050. The molecule has 5 nitrogen and oxygen atoms in total. The summed E-state index contributed by atoms with van der Waals surface area (Å²) in [6.45, 7) is 3.62. The number of nitrogens with one attached hydrogen (secondary N) is 1. The second-order valence-corrected chi connectivity index (χ2v) is 8.38. The van der Waals surface area contributed by atoms with Crippen LogP contribution < -0.4 is 5.32 Å². The van der Waals surface area contributed by atoms with Gasteiger partial charge in [0.05, 0.1) is 16.6 Å². The van der Waals surface area contributed by atoms with Crippen LogP contribution in [-0.4, -0.2) is 22.0 Å². The fourth-order valence-corrected chi connectivity index (χ4v) is 4.26. The zero-order chi connectivity index (χ0) is 21.6. The Labute approximate surface area is 180 Å². The number of carbonyl (C=O) groups is 2. The highest BCUT2D eigenvalue weighted by molar-refractivity contribution is 7.98. The van der Waals surface area contributed by atoms with Gasteiger partial charge in [-0.1, -0.05) is 44.2 Å².